The quantitative estimate of drug-likeness (QED) is 0.811. The zero-order chi connectivity index (χ0) is 16.1. The van der Waals surface area contributed by atoms with E-state index in [1.165, 1.54) is 0 Å². The lowest BCUT2D eigenvalue weighted by Gasteiger charge is -2.34. The van der Waals surface area contributed by atoms with E-state index in [1.54, 1.807) is 11.3 Å². The van der Waals surface area contributed by atoms with E-state index in [0.29, 0.717) is 18.1 Å². The topological polar surface area (TPSA) is 62.5 Å². The highest BCUT2D eigenvalue weighted by molar-refractivity contribution is 7.13. The monoisotopic (exact) mass is 334 g/mol. The SMILES string of the molecule is CCC(=O)N1CCN(CCCc2nc(-c3cccs3)no2)CC1. The standard InChI is InChI=1S/C16H22N4O2S/c1-2-15(21)20-10-8-19(9-11-20)7-3-6-14-17-16(18-22-14)13-5-4-12-23-13/h4-5,12H,2-3,6-11H2,1H3. The Kier molecular flexibility index (Phi) is 5.40. The number of aryl methyl sites for hydroxylation is 1. The molecule has 2 aromatic heterocycles. The van der Waals surface area contributed by atoms with Crippen LogP contribution in [0.3, 0.4) is 0 Å². The summed E-state index contributed by atoms with van der Waals surface area (Å²) >= 11 is 1.61. The molecule has 0 aromatic carbocycles. The van der Waals surface area contributed by atoms with Crippen molar-refractivity contribution >= 4 is 17.2 Å². The molecule has 1 aliphatic heterocycles. The van der Waals surface area contributed by atoms with Crippen molar-refractivity contribution in [1.29, 1.82) is 0 Å². The molecule has 6 nitrogen and oxygen atoms in total. The van der Waals surface area contributed by atoms with Crippen LogP contribution in [0, 0.1) is 0 Å². The van der Waals surface area contributed by atoms with Crippen molar-refractivity contribution in [3.05, 3.63) is 23.4 Å². The van der Waals surface area contributed by atoms with Crippen LogP contribution in [0.2, 0.25) is 0 Å². The van der Waals surface area contributed by atoms with Crippen LogP contribution in [-0.4, -0.2) is 58.6 Å². The first-order valence-electron chi connectivity index (χ1n) is 8.13. The third kappa shape index (κ3) is 4.17. The number of hydrogen-bond donors (Lipinski definition) is 0. The van der Waals surface area contributed by atoms with Gasteiger partial charge in [-0.25, -0.2) is 0 Å². The third-order valence-electron chi connectivity index (χ3n) is 4.10. The van der Waals surface area contributed by atoms with Crippen LogP contribution in [0.1, 0.15) is 25.7 Å². The van der Waals surface area contributed by atoms with E-state index >= 15 is 0 Å². The maximum Gasteiger partial charge on any atom is 0.227 e. The number of carbonyl (C=O) groups is 1. The molecule has 0 N–H and O–H groups in total. The molecule has 2 aromatic rings. The van der Waals surface area contributed by atoms with Gasteiger partial charge in [0.25, 0.3) is 0 Å². The highest BCUT2D eigenvalue weighted by Crippen LogP contribution is 2.21. The van der Waals surface area contributed by atoms with Gasteiger partial charge in [-0.15, -0.1) is 11.3 Å². The number of nitrogens with zero attached hydrogens (tertiary/aromatic N) is 4. The summed E-state index contributed by atoms with van der Waals surface area (Å²) in [6.45, 7) is 6.52. The Hall–Kier alpha value is -1.73. The van der Waals surface area contributed by atoms with E-state index in [-0.39, 0.29) is 5.91 Å². The smallest absolute Gasteiger partial charge is 0.227 e. The van der Waals surface area contributed by atoms with Gasteiger partial charge in [0.1, 0.15) is 0 Å². The van der Waals surface area contributed by atoms with Gasteiger partial charge in [-0.2, -0.15) is 4.98 Å². The van der Waals surface area contributed by atoms with E-state index in [4.69, 9.17) is 4.52 Å². The van der Waals surface area contributed by atoms with Crippen LogP contribution < -0.4 is 0 Å². The fraction of sp³-hybridized carbons (Fsp3) is 0.562. The molecular formula is C16H22N4O2S. The summed E-state index contributed by atoms with van der Waals surface area (Å²) in [6.07, 6.45) is 2.39. The molecule has 0 radical (unpaired) electrons. The maximum atomic E-state index is 11.7. The lowest BCUT2D eigenvalue weighted by atomic mass is 10.2. The molecule has 0 bridgehead atoms. The Morgan fingerprint density at radius 1 is 1.35 bits per heavy atom. The van der Waals surface area contributed by atoms with Gasteiger partial charge in [0.15, 0.2) is 0 Å². The second-order valence-electron chi connectivity index (χ2n) is 5.67. The van der Waals surface area contributed by atoms with Gasteiger partial charge in [0, 0.05) is 39.0 Å². The second-order valence-corrected chi connectivity index (χ2v) is 6.62. The van der Waals surface area contributed by atoms with Gasteiger partial charge in [-0.1, -0.05) is 18.1 Å². The summed E-state index contributed by atoms with van der Waals surface area (Å²) in [5.74, 6) is 1.64. The lowest BCUT2D eigenvalue weighted by Crippen LogP contribution is -2.48. The van der Waals surface area contributed by atoms with Crippen molar-refractivity contribution in [2.75, 3.05) is 32.7 Å². The van der Waals surface area contributed by atoms with E-state index in [1.807, 2.05) is 29.3 Å². The van der Waals surface area contributed by atoms with Crippen LogP contribution in [-0.2, 0) is 11.2 Å². The molecule has 23 heavy (non-hydrogen) atoms. The Bertz CT molecular complexity index is 618. The molecular weight excluding hydrogens is 312 g/mol. The Morgan fingerprint density at radius 2 is 2.17 bits per heavy atom. The fourth-order valence-corrected chi connectivity index (χ4v) is 3.41. The zero-order valence-corrected chi connectivity index (χ0v) is 14.2. The summed E-state index contributed by atoms with van der Waals surface area (Å²) in [5, 5.41) is 6.04. The number of piperazine rings is 1. The van der Waals surface area contributed by atoms with Gasteiger partial charge in [-0.05, 0) is 24.4 Å². The summed E-state index contributed by atoms with van der Waals surface area (Å²) in [7, 11) is 0. The molecule has 7 heteroatoms. The summed E-state index contributed by atoms with van der Waals surface area (Å²) in [6, 6.07) is 3.98. The van der Waals surface area contributed by atoms with Crippen molar-refractivity contribution < 1.29 is 9.32 Å². The summed E-state index contributed by atoms with van der Waals surface area (Å²) in [4.78, 5) is 21.5. The van der Waals surface area contributed by atoms with Crippen molar-refractivity contribution in [3.8, 4) is 10.7 Å². The second kappa shape index (κ2) is 7.70. The van der Waals surface area contributed by atoms with Crippen molar-refractivity contribution in [1.82, 2.24) is 19.9 Å². The fourth-order valence-electron chi connectivity index (χ4n) is 2.76. The van der Waals surface area contributed by atoms with Crippen LogP contribution in [0.25, 0.3) is 10.7 Å². The Morgan fingerprint density at radius 3 is 2.87 bits per heavy atom. The number of aromatic nitrogens is 2. The third-order valence-corrected chi connectivity index (χ3v) is 4.97. The van der Waals surface area contributed by atoms with Crippen molar-refractivity contribution in [3.63, 3.8) is 0 Å². The van der Waals surface area contributed by atoms with E-state index < -0.39 is 0 Å². The largest absolute Gasteiger partial charge is 0.340 e. The van der Waals surface area contributed by atoms with Crippen molar-refractivity contribution in [2.24, 2.45) is 0 Å². The minimum absolute atomic E-state index is 0.261. The molecule has 1 fully saturated rings. The molecule has 124 valence electrons. The molecule has 3 heterocycles. The zero-order valence-electron chi connectivity index (χ0n) is 13.4. The van der Waals surface area contributed by atoms with Crippen LogP contribution >= 0.6 is 11.3 Å². The maximum absolute atomic E-state index is 11.7. The van der Waals surface area contributed by atoms with E-state index in [0.717, 1.165) is 50.4 Å². The van der Waals surface area contributed by atoms with Crippen LogP contribution in [0.5, 0.6) is 0 Å². The lowest BCUT2D eigenvalue weighted by molar-refractivity contribution is -0.132. The first-order chi connectivity index (χ1) is 11.3. The minimum atomic E-state index is 0.261. The molecule has 1 amide bonds. The molecule has 0 aliphatic carbocycles. The highest BCUT2D eigenvalue weighted by Gasteiger charge is 2.19. The Balaban J connectivity index is 1.40. The molecule has 1 saturated heterocycles. The molecule has 0 spiro atoms. The normalized spacial score (nSPS) is 16.0. The Labute approximate surface area is 140 Å². The number of hydrogen-bond acceptors (Lipinski definition) is 6. The highest BCUT2D eigenvalue weighted by atomic mass is 32.1. The molecule has 0 unspecified atom stereocenters. The first-order valence-corrected chi connectivity index (χ1v) is 9.01. The summed E-state index contributed by atoms with van der Waals surface area (Å²) < 4.78 is 5.32. The minimum Gasteiger partial charge on any atom is -0.340 e. The summed E-state index contributed by atoms with van der Waals surface area (Å²) in [5.41, 5.74) is 0. The molecule has 0 saturated carbocycles. The average Bonchev–Trinajstić information content (AvgIpc) is 3.26. The number of rotatable bonds is 6. The predicted octanol–water partition coefficient (Wildman–Crippen LogP) is 2.28. The first kappa shape index (κ1) is 16.1. The number of amides is 1. The predicted molar refractivity (Wildman–Crippen MR) is 89.2 cm³/mol. The molecule has 1 aliphatic rings. The average molecular weight is 334 g/mol. The molecule has 0 atom stereocenters. The van der Waals surface area contributed by atoms with Crippen molar-refractivity contribution in [2.45, 2.75) is 26.2 Å². The van der Waals surface area contributed by atoms with Gasteiger partial charge < -0.3 is 9.42 Å². The van der Waals surface area contributed by atoms with E-state index in [2.05, 4.69) is 15.0 Å². The van der Waals surface area contributed by atoms with Gasteiger partial charge in [0.2, 0.25) is 17.6 Å². The van der Waals surface area contributed by atoms with E-state index in [9.17, 15) is 4.79 Å². The number of carbonyl (C=O) groups excluding carboxylic acids is 1. The van der Waals surface area contributed by atoms with Gasteiger partial charge >= 0.3 is 0 Å². The van der Waals surface area contributed by atoms with Crippen LogP contribution in [0.15, 0.2) is 22.0 Å². The number of thiophene rings is 1. The van der Waals surface area contributed by atoms with Gasteiger partial charge in [-0.3, -0.25) is 9.69 Å². The van der Waals surface area contributed by atoms with Gasteiger partial charge in [0.05, 0.1) is 4.88 Å². The molecule has 3 rings (SSSR count). The van der Waals surface area contributed by atoms with Crippen LogP contribution in [0.4, 0.5) is 0 Å².